The fourth-order valence-electron chi connectivity index (χ4n) is 2.56. The number of rotatable bonds is 6. The molecule has 0 aliphatic carbocycles. The van der Waals surface area contributed by atoms with E-state index in [1.165, 1.54) is 6.08 Å². The first-order valence-electron chi connectivity index (χ1n) is 8.07. The standard InChI is InChI=1S/C17H21N7O2/c1-4-5-24-10(2)6-12(11(24)3)7-13(8-18)15(25)26-9-14-21-16(19)23-17(20)22-14/h6-7H,4-5,9H2,1-3H3,(H4,19,20,21,22,23). The molecule has 0 saturated carbocycles. The van der Waals surface area contributed by atoms with E-state index in [4.69, 9.17) is 16.2 Å². The zero-order valence-electron chi connectivity index (χ0n) is 15.0. The summed E-state index contributed by atoms with van der Waals surface area (Å²) in [4.78, 5) is 23.5. The third-order valence-corrected chi connectivity index (χ3v) is 3.75. The highest BCUT2D eigenvalue weighted by Crippen LogP contribution is 2.19. The molecule has 136 valence electrons. The second-order valence-electron chi connectivity index (χ2n) is 5.69. The number of hydrogen-bond donors (Lipinski definition) is 2. The highest BCUT2D eigenvalue weighted by Gasteiger charge is 2.15. The lowest BCUT2D eigenvalue weighted by Crippen LogP contribution is -2.12. The van der Waals surface area contributed by atoms with Crippen molar-refractivity contribution in [1.82, 2.24) is 19.5 Å². The Kier molecular flexibility index (Phi) is 5.90. The van der Waals surface area contributed by atoms with Gasteiger partial charge >= 0.3 is 5.97 Å². The molecule has 0 fully saturated rings. The summed E-state index contributed by atoms with van der Waals surface area (Å²) in [6.07, 6.45) is 2.51. The van der Waals surface area contributed by atoms with E-state index >= 15 is 0 Å². The van der Waals surface area contributed by atoms with E-state index in [0.717, 1.165) is 29.9 Å². The fourth-order valence-corrected chi connectivity index (χ4v) is 2.56. The van der Waals surface area contributed by atoms with Crippen LogP contribution in [0.1, 0.15) is 36.1 Å². The lowest BCUT2D eigenvalue weighted by Gasteiger charge is -2.07. The maximum absolute atomic E-state index is 12.2. The van der Waals surface area contributed by atoms with Crippen LogP contribution in [0.4, 0.5) is 11.9 Å². The number of nitriles is 1. The van der Waals surface area contributed by atoms with Gasteiger partial charge in [0, 0.05) is 17.9 Å². The van der Waals surface area contributed by atoms with Gasteiger partial charge in [-0.3, -0.25) is 0 Å². The smallest absolute Gasteiger partial charge is 0.349 e. The number of nitrogens with zero attached hydrogens (tertiary/aromatic N) is 5. The van der Waals surface area contributed by atoms with Crippen molar-refractivity contribution in [2.24, 2.45) is 0 Å². The molecule has 9 heteroatoms. The van der Waals surface area contributed by atoms with Crippen LogP contribution in [0.5, 0.6) is 0 Å². The Morgan fingerprint density at radius 3 is 2.54 bits per heavy atom. The molecule has 9 nitrogen and oxygen atoms in total. The van der Waals surface area contributed by atoms with Gasteiger partial charge < -0.3 is 20.8 Å². The van der Waals surface area contributed by atoms with Crippen LogP contribution in [-0.4, -0.2) is 25.5 Å². The van der Waals surface area contributed by atoms with Gasteiger partial charge in [0.1, 0.15) is 11.6 Å². The number of ether oxygens (including phenoxy) is 1. The minimum atomic E-state index is -0.773. The number of nitrogen functional groups attached to an aromatic ring is 2. The average molecular weight is 355 g/mol. The number of carbonyl (C=O) groups is 1. The fraction of sp³-hybridized carbons (Fsp3) is 0.353. The Labute approximate surface area is 151 Å². The molecule has 0 aliphatic rings. The third-order valence-electron chi connectivity index (χ3n) is 3.75. The predicted molar refractivity (Wildman–Crippen MR) is 96.2 cm³/mol. The first-order valence-corrected chi connectivity index (χ1v) is 8.07. The van der Waals surface area contributed by atoms with Crippen LogP contribution in [0, 0.1) is 25.2 Å². The van der Waals surface area contributed by atoms with Crippen molar-refractivity contribution in [1.29, 1.82) is 5.26 Å². The summed E-state index contributed by atoms with van der Waals surface area (Å²) in [5, 5.41) is 9.31. The van der Waals surface area contributed by atoms with Crippen LogP contribution >= 0.6 is 0 Å². The second kappa shape index (κ2) is 8.11. The third kappa shape index (κ3) is 4.36. The van der Waals surface area contributed by atoms with Gasteiger partial charge in [-0.25, -0.2) is 4.79 Å². The molecule has 0 amide bonds. The first-order chi connectivity index (χ1) is 12.3. The van der Waals surface area contributed by atoms with Gasteiger partial charge in [0.2, 0.25) is 11.9 Å². The second-order valence-corrected chi connectivity index (χ2v) is 5.69. The van der Waals surface area contributed by atoms with E-state index < -0.39 is 5.97 Å². The quantitative estimate of drug-likeness (QED) is 0.450. The summed E-state index contributed by atoms with van der Waals surface area (Å²) in [7, 11) is 0. The number of anilines is 2. The molecule has 0 spiro atoms. The molecule has 0 bridgehead atoms. The average Bonchev–Trinajstić information content (AvgIpc) is 2.84. The largest absolute Gasteiger partial charge is 0.453 e. The van der Waals surface area contributed by atoms with E-state index in [-0.39, 0.29) is 29.9 Å². The maximum atomic E-state index is 12.2. The Morgan fingerprint density at radius 1 is 1.31 bits per heavy atom. The van der Waals surface area contributed by atoms with Crippen LogP contribution in [0.2, 0.25) is 0 Å². The van der Waals surface area contributed by atoms with Crippen molar-refractivity contribution in [3.8, 4) is 6.07 Å². The van der Waals surface area contributed by atoms with Gasteiger partial charge in [-0.05, 0) is 38.0 Å². The molecule has 2 aromatic heterocycles. The van der Waals surface area contributed by atoms with Crippen LogP contribution in [-0.2, 0) is 22.7 Å². The summed E-state index contributed by atoms with van der Waals surface area (Å²) < 4.78 is 7.23. The molecule has 26 heavy (non-hydrogen) atoms. The molecule has 4 N–H and O–H groups in total. The molecule has 0 radical (unpaired) electrons. The van der Waals surface area contributed by atoms with E-state index in [0.29, 0.717) is 0 Å². The Balaban J connectivity index is 2.17. The molecule has 0 aromatic carbocycles. The first kappa shape index (κ1) is 18.9. The van der Waals surface area contributed by atoms with Crippen molar-refractivity contribution < 1.29 is 9.53 Å². The minimum Gasteiger partial charge on any atom is -0.453 e. The van der Waals surface area contributed by atoms with Gasteiger partial charge in [0.05, 0.1) is 0 Å². The SMILES string of the molecule is CCCn1c(C)cc(C=C(C#N)C(=O)OCc2nc(N)nc(N)n2)c1C. The molecule has 2 rings (SSSR count). The maximum Gasteiger partial charge on any atom is 0.349 e. The van der Waals surface area contributed by atoms with Crippen LogP contribution in [0.3, 0.4) is 0 Å². The predicted octanol–water partition coefficient (Wildman–Crippen LogP) is 1.51. The van der Waals surface area contributed by atoms with Crippen molar-refractivity contribution in [3.05, 3.63) is 34.4 Å². The molecule has 0 saturated heterocycles. The molecular weight excluding hydrogens is 334 g/mol. The summed E-state index contributed by atoms with van der Waals surface area (Å²) in [6, 6.07) is 3.81. The number of aromatic nitrogens is 4. The Morgan fingerprint density at radius 2 is 1.96 bits per heavy atom. The highest BCUT2D eigenvalue weighted by molar-refractivity contribution is 5.98. The van der Waals surface area contributed by atoms with Crippen molar-refractivity contribution in [2.45, 2.75) is 40.3 Å². The zero-order valence-corrected chi connectivity index (χ0v) is 15.0. The molecule has 0 unspecified atom stereocenters. The number of aryl methyl sites for hydroxylation is 1. The van der Waals surface area contributed by atoms with Gasteiger partial charge in [-0.2, -0.15) is 20.2 Å². The summed E-state index contributed by atoms with van der Waals surface area (Å²) in [5.74, 6) is -0.793. The Hall–Kier alpha value is -3.41. The minimum absolute atomic E-state index is 0.0667. The lowest BCUT2D eigenvalue weighted by molar-refractivity contribution is -0.139. The van der Waals surface area contributed by atoms with E-state index in [2.05, 4.69) is 26.4 Å². The highest BCUT2D eigenvalue weighted by atomic mass is 16.5. The summed E-state index contributed by atoms with van der Waals surface area (Å²) >= 11 is 0. The van der Waals surface area contributed by atoms with Crippen molar-refractivity contribution in [3.63, 3.8) is 0 Å². The monoisotopic (exact) mass is 355 g/mol. The van der Waals surface area contributed by atoms with Gasteiger partial charge in [-0.15, -0.1) is 0 Å². The van der Waals surface area contributed by atoms with E-state index in [1.807, 2.05) is 26.0 Å². The van der Waals surface area contributed by atoms with Gasteiger partial charge in [0.25, 0.3) is 0 Å². The number of nitrogens with two attached hydrogens (primary N) is 2. The van der Waals surface area contributed by atoms with Gasteiger partial charge in [0.15, 0.2) is 12.4 Å². The summed E-state index contributed by atoms with van der Waals surface area (Å²) in [6.45, 7) is 6.64. The van der Waals surface area contributed by atoms with E-state index in [1.54, 1.807) is 0 Å². The summed E-state index contributed by atoms with van der Waals surface area (Å²) in [5.41, 5.74) is 13.7. The number of esters is 1. The molecule has 2 aromatic rings. The van der Waals surface area contributed by atoms with Crippen LogP contribution in [0.15, 0.2) is 11.6 Å². The normalized spacial score (nSPS) is 11.2. The van der Waals surface area contributed by atoms with E-state index in [9.17, 15) is 10.1 Å². The van der Waals surface area contributed by atoms with Gasteiger partial charge in [-0.1, -0.05) is 6.92 Å². The topological polar surface area (TPSA) is 146 Å². The molecular formula is C17H21N7O2. The Bertz CT molecular complexity index is 873. The van der Waals surface area contributed by atoms with Crippen LogP contribution in [0.25, 0.3) is 6.08 Å². The lowest BCUT2D eigenvalue weighted by atomic mass is 10.1. The van der Waals surface area contributed by atoms with Crippen molar-refractivity contribution >= 4 is 23.9 Å². The molecule has 2 heterocycles. The number of carbonyl (C=O) groups excluding carboxylic acids is 1. The zero-order chi connectivity index (χ0) is 19.3. The molecule has 0 atom stereocenters. The van der Waals surface area contributed by atoms with Crippen LogP contribution < -0.4 is 11.5 Å². The van der Waals surface area contributed by atoms with Crippen molar-refractivity contribution in [2.75, 3.05) is 11.5 Å². The number of hydrogen-bond acceptors (Lipinski definition) is 8. The molecule has 0 aliphatic heterocycles.